The molecule has 0 saturated carbocycles. The van der Waals surface area contributed by atoms with Gasteiger partial charge in [-0.05, 0) is 167 Å². The van der Waals surface area contributed by atoms with Crippen molar-refractivity contribution in [2.24, 2.45) is 0 Å². The molecular formula is C75H91N5OS. The van der Waals surface area contributed by atoms with Crippen LogP contribution in [0.15, 0.2) is 103 Å². The number of hydrogen-bond donors (Lipinski definition) is 4. The maximum Gasteiger partial charge on any atom is 0.224 e. The number of H-pyrrole nitrogens is 2. The topological polar surface area (TPSA) is 86.5 Å². The standard InChI is InChI=1S/C75H91N5OS/c1-70(2,3)50-37-47(38-51(43-50)71(4,5)6)67-59-30-28-57(77-59)66(46-24-26-56(27-25-46)76-65(81)23-21-19-20-22-36-82)58-29-31-60(78-58)68(48-39-52(72(7,8)9)44-53(40-48)73(10,11)12)62-33-35-64(80-62)69(63-34-32-61(67)79-63)49-41-54(74(13,14)15)45-55(42-49)75(16,17)18/h24-35,37-45,77,80,82H,19-23,36H2,1-18H3,(H,76,81). The van der Waals surface area contributed by atoms with Crippen molar-refractivity contribution >= 4 is 70.6 Å². The molecule has 7 heteroatoms. The number of nitrogens with zero attached hydrogens (tertiary/aromatic N) is 2. The van der Waals surface area contributed by atoms with Gasteiger partial charge in [0.05, 0.1) is 22.8 Å². The normalized spacial score (nSPS) is 13.3. The Labute approximate surface area is 496 Å². The van der Waals surface area contributed by atoms with E-state index in [1.165, 1.54) is 33.4 Å². The number of benzene rings is 4. The van der Waals surface area contributed by atoms with Crippen LogP contribution < -0.4 is 5.32 Å². The number of thiol groups is 1. The summed E-state index contributed by atoms with van der Waals surface area (Å²) in [6.07, 6.45) is 13.3. The number of fused-ring (bicyclic) bond motifs is 8. The number of anilines is 1. The van der Waals surface area contributed by atoms with Gasteiger partial charge in [-0.1, -0.05) is 204 Å². The second kappa shape index (κ2) is 22.5. The maximum absolute atomic E-state index is 13.2. The zero-order valence-electron chi connectivity index (χ0n) is 52.6. The molecule has 0 fully saturated rings. The van der Waals surface area contributed by atoms with E-state index in [-0.39, 0.29) is 38.4 Å². The van der Waals surface area contributed by atoms with Crippen LogP contribution in [0.1, 0.15) is 213 Å². The van der Waals surface area contributed by atoms with Gasteiger partial charge in [0.25, 0.3) is 0 Å². The molecule has 9 rings (SSSR count). The molecule has 0 aliphatic carbocycles. The predicted molar refractivity (Wildman–Crippen MR) is 358 cm³/mol. The Kier molecular flexibility index (Phi) is 16.4. The van der Waals surface area contributed by atoms with E-state index >= 15 is 0 Å². The molecule has 1 amide bonds. The Balaban J connectivity index is 1.44. The van der Waals surface area contributed by atoms with Crippen LogP contribution in [-0.4, -0.2) is 31.6 Å². The fourth-order valence-electron chi connectivity index (χ4n) is 11.0. The number of hydrogen-bond acceptors (Lipinski definition) is 4. The molecular weight excluding hydrogens is 1020 g/mol. The quantitative estimate of drug-likeness (QED) is 0.0769. The summed E-state index contributed by atoms with van der Waals surface area (Å²) in [7, 11) is 0. The van der Waals surface area contributed by atoms with E-state index in [4.69, 9.17) is 9.97 Å². The Morgan fingerprint density at radius 2 is 0.659 bits per heavy atom. The third-order valence-electron chi connectivity index (χ3n) is 16.4. The van der Waals surface area contributed by atoms with E-state index in [1.807, 2.05) is 12.1 Å². The number of carbonyl (C=O) groups excluding carboxylic acids is 1. The molecule has 6 nitrogen and oxygen atoms in total. The van der Waals surface area contributed by atoms with E-state index in [0.29, 0.717) is 6.42 Å². The van der Waals surface area contributed by atoms with Crippen molar-refractivity contribution in [1.29, 1.82) is 0 Å². The van der Waals surface area contributed by atoms with E-state index in [0.717, 1.165) is 126 Å². The van der Waals surface area contributed by atoms with E-state index in [2.05, 4.69) is 268 Å². The van der Waals surface area contributed by atoms with Crippen molar-refractivity contribution in [1.82, 2.24) is 19.9 Å². The lowest BCUT2D eigenvalue weighted by atomic mass is 9.78. The minimum absolute atomic E-state index is 0.0309. The van der Waals surface area contributed by atoms with Crippen LogP contribution in [0, 0.1) is 0 Å². The smallest absolute Gasteiger partial charge is 0.224 e. The summed E-state index contributed by atoms with van der Waals surface area (Å²) in [5, 5.41) is 3.18. The highest BCUT2D eigenvalue weighted by Gasteiger charge is 2.28. The van der Waals surface area contributed by atoms with Gasteiger partial charge in [0.1, 0.15) is 0 Å². The van der Waals surface area contributed by atoms with Crippen LogP contribution in [0.3, 0.4) is 0 Å². The molecule has 428 valence electrons. The van der Waals surface area contributed by atoms with Crippen molar-refractivity contribution in [2.45, 2.75) is 189 Å². The van der Waals surface area contributed by atoms with Crippen LogP contribution >= 0.6 is 12.6 Å². The Morgan fingerprint density at radius 1 is 0.378 bits per heavy atom. The summed E-state index contributed by atoms with van der Waals surface area (Å²) in [5.41, 5.74) is 23.3. The highest BCUT2D eigenvalue weighted by molar-refractivity contribution is 7.80. The minimum atomic E-state index is -0.117. The van der Waals surface area contributed by atoms with Crippen molar-refractivity contribution in [2.75, 3.05) is 11.1 Å². The fraction of sp³-hybridized carbons (Fsp3) is 0.400. The van der Waals surface area contributed by atoms with Gasteiger partial charge in [-0.15, -0.1) is 0 Å². The second-order valence-corrected chi connectivity index (χ2v) is 29.9. The van der Waals surface area contributed by atoms with Gasteiger partial charge < -0.3 is 15.3 Å². The Hall–Kier alpha value is -6.70. The maximum atomic E-state index is 13.2. The molecule has 2 aliphatic heterocycles. The van der Waals surface area contributed by atoms with Crippen LogP contribution in [0.25, 0.3) is 90.9 Å². The Morgan fingerprint density at radius 3 is 0.939 bits per heavy atom. The lowest BCUT2D eigenvalue weighted by Gasteiger charge is -2.26. The molecule has 4 aromatic carbocycles. The molecule has 0 radical (unpaired) electrons. The first-order chi connectivity index (χ1) is 38.3. The number of carbonyl (C=O) groups is 1. The van der Waals surface area contributed by atoms with Gasteiger partial charge in [0, 0.05) is 56.4 Å². The average Bonchev–Trinajstić information content (AvgIpc) is 3.60. The number of aromatic nitrogens is 4. The molecule has 82 heavy (non-hydrogen) atoms. The molecule has 0 spiro atoms. The van der Waals surface area contributed by atoms with Gasteiger partial charge in [-0.2, -0.15) is 12.6 Å². The Bertz CT molecular complexity index is 3630. The average molecular weight is 1110 g/mol. The van der Waals surface area contributed by atoms with E-state index < -0.39 is 0 Å². The summed E-state index contributed by atoms with van der Waals surface area (Å²) in [4.78, 5) is 32.9. The first-order valence-corrected chi connectivity index (χ1v) is 30.6. The van der Waals surface area contributed by atoms with Crippen molar-refractivity contribution in [3.05, 3.63) is 159 Å². The highest BCUT2D eigenvalue weighted by atomic mass is 32.1. The monoisotopic (exact) mass is 1110 g/mol. The second-order valence-electron chi connectivity index (χ2n) is 29.4. The molecule has 0 atom stereocenters. The highest BCUT2D eigenvalue weighted by Crippen LogP contribution is 2.44. The number of nitrogens with one attached hydrogen (secondary N) is 3. The van der Waals surface area contributed by atoms with Crippen LogP contribution in [0.4, 0.5) is 5.69 Å². The van der Waals surface area contributed by atoms with Crippen LogP contribution in [0.5, 0.6) is 0 Å². The largest absolute Gasteiger partial charge is 0.354 e. The molecule has 7 aromatic rings. The van der Waals surface area contributed by atoms with Gasteiger partial charge in [0.2, 0.25) is 5.91 Å². The summed E-state index contributed by atoms with van der Waals surface area (Å²) in [5.74, 6) is 0.907. The first-order valence-electron chi connectivity index (χ1n) is 29.9. The number of amides is 1. The molecule has 5 heterocycles. The summed E-state index contributed by atoms with van der Waals surface area (Å²) >= 11 is 4.36. The first kappa shape index (κ1) is 59.9. The fourth-order valence-corrected chi connectivity index (χ4v) is 11.3. The van der Waals surface area contributed by atoms with Gasteiger partial charge >= 0.3 is 0 Å². The molecule has 3 N–H and O–H groups in total. The summed E-state index contributed by atoms with van der Waals surface area (Å²) in [6, 6.07) is 38.7. The third-order valence-corrected chi connectivity index (χ3v) is 16.7. The molecule has 0 unspecified atom stereocenters. The minimum Gasteiger partial charge on any atom is -0.354 e. The predicted octanol–water partition coefficient (Wildman–Crippen LogP) is 20.9. The lowest BCUT2D eigenvalue weighted by Crippen LogP contribution is -2.16. The van der Waals surface area contributed by atoms with Crippen LogP contribution in [0.2, 0.25) is 0 Å². The SMILES string of the molecule is CC(C)(C)c1cc(-c2c3nc(c(-c4cc(C(C)(C)C)cc(C(C)(C)C)c4)c4ccc([nH]4)c(-c4cc(C(C)(C)C)cc(C(C)(C)C)c4)c4nc(c(-c5ccc(NC(=O)CCCCCCS)cc5)c5ccc2[nH]5)C=C4)C=C3)cc(C(C)(C)C)c1. The van der Waals surface area contributed by atoms with Crippen molar-refractivity contribution in [3.8, 4) is 44.5 Å². The summed E-state index contributed by atoms with van der Waals surface area (Å²) < 4.78 is 0. The molecule has 2 aliphatic rings. The summed E-state index contributed by atoms with van der Waals surface area (Å²) in [6.45, 7) is 41.5. The zero-order valence-corrected chi connectivity index (χ0v) is 53.5. The molecule has 3 aromatic heterocycles. The number of aromatic amines is 2. The number of unbranched alkanes of at least 4 members (excludes halogenated alkanes) is 3. The van der Waals surface area contributed by atoms with Crippen LogP contribution in [-0.2, 0) is 37.3 Å². The lowest BCUT2D eigenvalue weighted by molar-refractivity contribution is -0.116. The van der Waals surface area contributed by atoms with Gasteiger partial charge in [0.15, 0.2) is 0 Å². The van der Waals surface area contributed by atoms with Crippen molar-refractivity contribution in [3.63, 3.8) is 0 Å². The van der Waals surface area contributed by atoms with E-state index in [1.54, 1.807) is 0 Å². The zero-order chi connectivity index (χ0) is 59.5. The van der Waals surface area contributed by atoms with Crippen molar-refractivity contribution < 1.29 is 4.79 Å². The molecule has 0 saturated heterocycles. The number of rotatable bonds is 11. The third kappa shape index (κ3) is 13.2. The van der Waals surface area contributed by atoms with E-state index in [9.17, 15) is 4.79 Å². The van der Waals surface area contributed by atoms with Gasteiger partial charge in [-0.25, -0.2) is 9.97 Å². The molecule has 8 bridgehead atoms. The van der Waals surface area contributed by atoms with Gasteiger partial charge in [-0.3, -0.25) is 4.79 Å².